The van der Waals surface area contributed by atoms with Crippen molar-refractivity contribution >= 4 is 5.78 Å². The molecule has 1 saturated carbocycles. The van der Waals surface area contributed by atoms with Gasteiger partial charge in [0, 0.05) is 19.4 Å². The number of methoxy groups -OCH3 is 1. The van der Waals surface area contributed by atoms with Crippen molar-refractivity contribution in [2.24, 2.45) is 5.92 Å². The van der Waals surface area contributed by atoms with Gasteiger partial charge in [-0.25, -0.2) is 0 Å². The molecule has 0 aromatic heterocycles. The molecule has 1 spiro atoms. The van der Waals surface area contributed by atoms with Crippen LogP contribution in [0.3, 0.4) is 0 Å². The third kappa shape index (κ3) is 1.00. The fourth-order valence-corrected chi connectivity index (χ4v) is 2.09. The van der Waals surface area contributed by atoms with Gasteiger partial charge in [-0.1, -0.05) is 6.92 Å². The Morgan fingerprint density at radius 1 is 1.67 bits per heavy atom. The highest BCUT2D eigenvalue weighted by molar-refractivity contribution is 5.84. The lowest BCUT2D eigenvalue weighted by atomic mass is 9.78. The normalized spacial score (nSPS) is 46.7. The molecule has 1 aliphatic carbocycles. The first-order chi connectivity index (χ1) is 5.69. The molecule has 2 aliphatic rings. The summed E-state index contributed by atoms with van der Waals surface area (Å²) in [5, 5.41) is 0. The molecule has 3 atom stereocenters. The molecule has 1 saturated heterocycles. The van der Waals surface area contributed by atoms with E-state index in [9.17, 15) is 4.79 Å². The fourth-order valence-electron chi connectivity index (χ4n) is 2.09. The minimum atomic E-state index is -0.235. The summed E-state index contributed by atoms with van der Waals surface area (Å²) in [6.07, 6.45) is 1.26. The van der Waals surface area contributed by atoms with Gasteiger partial charge < -0.3 is 9.47 Å². The Morgan fingerprint density at radius 2 is 2.33 bits per heavy atom. The predicted molar refractivity (Wildman–Crippen MR) is 42.9 cm³/mol. The number of ketones is 1. The number of hydrogen-bond donors (Lipinski definition) is 0. The molecule has 1 aliphatic heterocycles. The highest BCUT2D eigenvalue weighted by Crippen LogP contribution is 2.45. The van der Waals surface area contributed by atoms with Crippen LogP contribution in [0.4, 0.5) is 0 Å². The van der Waals surface area contributed by atoms with Crippen molar-refractivity contribution in [3.8, 4) is 0 Å². The Kier molecular flexibility index (Phi) is 1.73. The summed E-state index contributed by atoms with van der Waals surface area (Å²) in [6.45, 7) is 2.85. The highest BCUT2D eigenvalue weighted by Gasteiger charge is 2.56. The van der Waals surface area contributed by atoms with Crippen molar-refractivity contribution in [1.29, 1.82) is 0 Å². The maximum absolute atomic E-state index is 11.4. The van der Waals surface area contributed by atoms with E-state index in [1.54, 1.807) is 7.11 Å². The number of ether oxygens (including phenoxy) is 2. The first kappa shape index (κ1) is 8.20. The van der Waals surface area contributed by atoms with Gasteiger partial charge in [-0.05, 0) is 6.42 Å². The minimum Gasteiger partial charge on any atom is -0.373 e. The van der Waals surface area contributed by atoms with E-state index in [1.165, 1.54) is 0 Å². The second kappa shape index (κ2) is 2.54. The van der Waals surface area contributed by atoms with Gasteiger partial charge >= 0.3 is 0 Å². The van der Waals surface area contributed by atoms with Crippen molar-refractivity contribution in [3.05, 3.63) is 0 Å². The zero-order valence-electron chi connectivity index (χ0n) is 7.50. The van der Waals surface area contributed by atoms with E-state index in [0.717, 1.165) is 13.0 Å². The monoisotopic (exact) mass is 170 g/mol. The summed E-state index contributed by atoms with van der Waals surface area (Å²) >= 11 is 0. The van der Waals surface area contributed by atoms with Crippen molar-refractivity contribution in [3.63, 3.8) is 0 Å². The Balaban J connectivity index is 2.14. The Morgan fingerprint density at radius 3 is 2.83 bits per heavy atom. The summed E-state index contributed by atoms with van der Waals surface area (Å²) in [4.78, 5) is 11.4. The zero-order chi connectivity index (χ0) is 8.77. The molecule has 0 radical (unpaired) electrons. The number of hydrogen-bond acceptors (Lipinski definition) is 3. The second-order valence-corrected chi connectivity index (χ2v) is 3.76. The van der Waals surface area contributed by atoms with Crippen LogP contribution in [-0.4, -0.2) is 31.2 Å². The highest BCUT2D eigenvalue weighted by atomic mass is 16.6. The average molecular weight is 170 g/mol. The third-order valence-electron chi connectivity index (χ3n) is 3.16. The molecule has 12 heavy (non-hydrogen) atoms. The van der Waals surface area contributed by atoms with Crippen LogP contribution in [0.25, 0.3) is 0 Å². The number of Topliss-reactive ketones (excluding diaryl/α,β-unsaturated/α-hetero) is 1. The van der Waals surface area contributed by atoms with Crippen LogP contribution in [-0.2, 0) is 14.3 Å². The van der Waals surface area contributed by atoms with Crippen LogP contribution in [0, 0.1) is 5.92 Å². The van der Waals surface area contributed by atoms with Gasteiger partial charge in [0.05, 0.1) is 12.2 Å². The van der Waals surface area contributed by atoms with E-state index in [2.05, 4.69) is 0 Å². The van der Waals surface area contributed by atoms with Crippen LogP contribution in [0.5, 0.6) is 0 Å². The lowest BCUT2D eigenvalue weighted by Crippen LogP contribution is -2.44. The van der Waals surface area contributed by atoms with E-state index in [0.29, 0.717) is 6.42 Å². The average Bonchev–Trinajstić information content (AvgIpc) is 2.81. The number of rotatable bonds is 1. The molecule has 0 bridgehead atoms. The lowest BCUT2D eigenvalue weighted by molar-refractivity contribution is -0.137. The fraction of sp³-hybridized carbons (Fsp3) is 0.889. The number of epoxide rings is 1. The van der Waals surface area contributed by atoms with Gasteiger partial charge in [0.25, 0.3) is 0 Å². The first-order valence-electron chi connectivity index (χ1n) is 4.39. The molecular formula is C9H14O3. The molecular weight excluding hydrogens is 156 g/mol. The molecule has 2 fully saturated rings. The Hall–Kier alpha value is -0.410. The molecule has 2 rings (SSSR count). The predicted octanol–water partition coefficient (Wildman–Crippen LogP) is 0.769. The maximum atomic E-state index is 11.4. The molecule has 3 nitrogen and oxygen atoms in total. The van der Waals surface area contributed by atoms with Crippen molar-refractivity contribution in [2.75, 3.05) is 13.7 Å². The van der Waals surface area contributed by atoms with Crippen molar-refractivity contribution in [1.82, 2.24) is 0 Å². The molecule has 0 N–H and O–H groups in total. The quantitative estimate of drug-likeness (QED) is 0.545. The summed E-state index contributed by atoms with van der Waals surface area (Å²) in [5.41, 5.74) is -0.00537. The van der Waals surface area contributed by atoms with E-state index in [4.69, 9.17) is 9.47 Å². The van der Waals surface area contributed by atoms with Gasteiger partial charge in [-0.2, -0.15) is 0 Å². The van der Waals surface area contributed by atoms with Crippen molar-refractivity contribution < 1.29 is 14.3 Å². The lowest BCUT2D eigenvalue weighted by Gasteiger charge is -2.31. The Labute approximate surface area is 72.0 Å². The molecule has 1 heterocycles. The van der Waals surface area contributed by atoms with Gasteiger partial charge in [0.15, 0.2) is 5.78 Å². The molecule has 0 amide bonds. The Bertz CT molecular complexity index is 208. The van der Waals surface area contributed by atoms with Crippen LogP contribution in [0.1, 0.15) is 19.8 Å². The molecule has 0 unspecified atom stereocenters. The SMILES string of the molecule is CO[C@@H]1C(=O)CC[C@]2(CO2)[C@H]1C. The van der Waals surface area contributed by atoms with Crippen LogP contribution in [0.15, 0.2) is 0 Å². The molecule has 3 heteroatoms. The summed E-state index contributed by atoms with van der Waals surface area (Å²) in [6, 6.07) is 0. The standard InChI is InChI=1S/C9H14O3/c1-6-8(11-2)7(10)3-4-9(6)5-12-9/h6,8H,3-5H2,1-2H3/t6-,8-,9-/m0/s1. The molecule has 0 aromatic rings. The number of carbonyl (C=O) groups excluding carboxylic acids is 1. The van der Waals surface area contributed by atoms with Gasteiger partial charge in [-0.3, -0.25) is 4.79 Å². The van der Waals surface area contributed by atoms with E-state index in [1.807, 2.05) is 6.92 Å². The van der Waals surface area contributed by atoms with Crippen LogP contribution >= 0.6 is 0 Å². The topological polar surface area (TPSA) is 38.8 Å². The van der Waals surface area contributed by atoms with E-state index in [-0.39, 0.29) is 23.4 Å². The maximum Gasteiger partial charge on any atom is 0.162 e. The summed E-state index contributed by atoms with van der Waals surface area (Å²) in [5.74, 6) is 0.454. The zero-order valence-corrected chi connectivity index (χ0v) is 7.50. The van der Waals surface area contributed by atoms with E-state index < -0.39 is 0 Å². The minimum absolute atomic E-state index is 0.00537. The van der Waals surface area contributed by atoms with Gasteiger partial charge in [0.2, 0.25) is 0 Å². The second-order valence-electron chi connectivity index (χ2n) is 3.76. The van der Waals surface area contributed by atoms with E-state index >= 15 is 0 Å². The smallest absolute Gasteiger partial charge is 0.162 e. The summed E-state index contributed by atoms with van der Waals surface area (Å²) in [7, 11) is 1.60. The van der Waals surface area contributed by atoms with Gasteiger partial charge in [0.1, 0.15) is 6.10 Å². The largest absolute Gasteiger partial charge is 0.373 e. The van der Waals surface area contributed by atoms with Crippen LogP contribution < -0.4 is 0 Å². The first-order valence-corrected chi connectivity index (χ1v) is 4.39. The summed E-state index contributed by atoms with van der Waals surface area (Å²) < 4.78 is 10.6. The van der Waals surface area contributed by atoms with Crippen LogP contribution in [0.2, 0.25) is 0 Å². The molecule has 68 valence electrons. The van der Waals surface area contributed by atoms with Gasteiger partial charge in [-0.15, -0.1) is 0 Å². The van der Waals surface area contributed by atoms with Crippen molar-refractivity contribution in [2.45, 2.75) is 31.5 Å². The third-order valence-corrected chi connectivity index (χ3v) is 3.16. The number of carbonyl (C=O) groups is 1. The molecule has 0 aromatic carbocycles.